The number of halogens is 4. The molecule has 33 heavy (non-hydrogen) atoms. The molecule has 1 aliphatic rings. The third-order valence-corrected chi connectivity index (χ3v) is 5.22. The van der Waals surface area contributed by atoms with E-state index in [0.29, 0.717) is 22.4 Å². The van der Waals surface area contributed by atoms with Crippen molar-refractivity contribution in [2.75, 3.05) is 0 Å². The van der Waals surface area contributed by atoms with Gasteiger partial charge in [-0.2, -0.15) is 13.2 Å². The average Bonchev–Trinajstić information content (AvgIpc) is 2.77. The highest BCUT2D eigenvalue weighted by molar-refractivity contribution is 6.61. The minimum atomic E-state index is -4.51. The van der Waals surface area contributed by atoms with Crippen LogP contribution in [0.4, 0.5) is 13.2 Å². The summed E-state index contributed by atoms with van der Waals surface area (Å²) < 4.78 is 50.5. The Morgan fingerprint density at radius 1 is 1.24 bits per heavy atom. The highest BCUT2D eigenvalue weighted by atomic mass is 35.5. The van der Waals surface area contributed by atoms with Crippen molar-refractivity contribution in [3.63, 3.8) is 0 Å². The summed E-state index contributed by atoms with van der Waals surface area (Å²) in [5.74, 6) is 0.183. The van der Waals surface area contributed by atoms with Crippen LogP contribution >= 0.6 is 12.4 Å². The van der Waals surface area contributed by atoms with Gasteiger partial charge in [0.25, 0.3) is 0 Å². The van der Waals surface area contributed by atoms with Gasteiger partial charge in [0.05, 0.1) is 17.2 Å². The molecule has 2 aromatic carbocycles. The first-order valence-electron chi connectivity index (χ1n) is 9.76. The summed E-state index contributed by atoms with van der Waals surface area (Å²) in [7, 11) is -1.50. The summed E-state index contributed by atoms with van der Waals surface area (Å²) in [6, 6.07) is 11.9. The number of benzene rings is 2. The molecular weight excluding hydrogens is 458 g/mol. The zero-order chi connectivity index (χ0) is 22.9. The molecule has 0 saturated carbocycles. The van der Waals surface area contributed by atoms with Crippen LogP contribution in [0.5, 0.6) is 5.75 Å². The van der Waals surface area contributed by atoms with Crippen LogP contribution in [0.1, 0.15) is 33.9 Å². The van der Waals surface area contributed by atoms with Crippen molar-refractivity contribution in [3.05, 3.63) is 88.7 Å². The van der Waals surface area contributed by atoms with Gasteiger partial charge in [0.1, 0.15) is 18.2 Å². The van der Waals surface area contributed by atoms with E-state index in [2.05, 4.69) is 4.98 Å². The number of nitrogens with two attached hydrogens (primary N) is 1. The predicted molar refractivity (Wildman–Crippen MR) is 120 cm³/mol. The molecule has 0 aliphatic carbocycles. The van der Waals surface area contributed by atoms with Crippen LogP contribution < -0.4 is 15.9 Å². The Bertz CT molecular complexity index is 1150. The molecule has 1 aliphatic heterocycles. The predicted octanol–water partition coefficient (Wildman–Crippen LogP) is 3.39. The minimum absolute atomic E-state index is 0. The van der Waals surface area contributed by atoms with E-state index in [0.717, 1.165) is 17.7 Å². The SMILES string of the molecule is Cl.N=C(N)c1ccc([C@H]2Cc3ccc(C(F)(F)F)cc3B(O)O2)cc1OCc1cccnc1. The number of hydrogen-bond acceptors (Lipinski definition) is 5. The highest BCUT2D eigenvalue weighted by Crippen LogP contribution is 2.33. The third-order valence-electron chi connectivity index (χ3n) is 5.22. The van der Waals surface area contributed by atoms with Crippen LogP contribution in [0.3, 0.4) is 0 Å². The van der Waals surface area contributed by atoms with E-state index >= 15 is 0 Å². The van der Waals surface area contributed by atoms with Gasteiger partial charge in [-0.3, -0.25) is 10.4 Å². The van der Waals surface area contributed by atoms with Gasteiger partial charge < -0.3 is 20.1 Å². The number of ether oxygens (including phenoxy) is 1. The number of nitrogens with zero attached hydrogens (tertiary/aromatic N) is 1. The number of rotatable bonds is 5. The Hall–Kier alpha value is -3.08. The first kappa shape index (κ1) is 24.6. The van der Waals surface area contributed by atoms with Crippen LogP contribution in [0.2, 0.25) is 0 Å². The Morgan fingerprint density at radius 2 is 2.03 bits per heavy atom. The van der Waals surface area contributed by atoms with Crippen molar-refractivity contribution in [1.82, 2.24) is 4.98 Å². The van der Waals surface area contributed by atoms with Gasteiger partial charge in [0.2, 0.25) is 0 Å². The maximum atomic E-state index is 13.0. The van der Waals surface area contributed by atoms with Gasteiger partial charge in [-0.15, -0.1) is 12.4 Å². The highest BCUT2D eigenvalue weighted by Gasteiger charge is 2.36. The molecule has 172 valence electrons. The molecule has 0 amide bonds. The molecule has 1 aromatic heterocycles. The summed E-state index contributed by atoms with van der Waals surface area (Å²) >= 11 is 0. The molecular formula is C22H20BClF3N3O3. The smallest absolute Gasteiger partial charge is 0.488 e. The molecule has 0 spiro atoms. The molecule has 3 aromatic rings. The minimum Gasteiger partial charge on any atom is -0.488 e. The number of aromatic nitrogens is 1. The largest absolute Gasteiger partial charge is 0.491 e. The van der Waals surface area contributed by atoms with E-state index in [4.69, 9.17) is 20.5 Å². The molecule has 0 bridgehead atoms. The lowest BCUT2D eigenvalue weighted by Gasteiger charge is -2.29. The van der Waals surface area contributed by atoms with Crippen molar-refractivity contribution in [1.29, 1.82) is 5.41 Å². The molecule has 1 atom stereocenters. The van der Waals surface area contributed by atoms with Gasteiger partial charge in [-0.05, 0) is 46.9 Å². The number of nitrogen functional groups attached to an aromatic ring is 1. The van der Waals surface area contributed by atoms with Crippen LogP contribution in [0.25, 0.3) is 0 Å². The maximum Gasteiger partial charge on any atom is 0.491 e. The second-order valence-electron chi connectivity index (χ2n) is 7.41. The number of hydrogen-bond donors (Lipinski definition) is 3. The molecule has 0 fully saturated rings. The van der Waals surface area contributed by atoms with E-state index in [1.807, 2.05) is 6.07 Å². The average molecular weight is 478 g/mol. The third kappa shape index (κ3) is 5.47. The fourth-order valence-electron chi connectivity index (χ4n) is 3.59. The Kier molecular flexibility index (Phi) is 7.31. The topological polar surface area (TPSA) is 101 Å². The Balaban J connectivity index is 0.00000306. The molecule has 0 radical (unpaired) electrons. The zero-order valence-corrected chi connectivity index (χ0v) is 18.0. The number of amidine groups is 1. The molecule has 0 unspecified atom stereocenters. The number of alkyl halides is 3. The van der Waals surface area contributed by atoms with Crippen LogP contribution in [0.15, 0.2) is 60.9 Å². The monoisotopic (exact) mass is 477 g/mol. The lowest BCUT2D eigenvalue weighted by Crippen LogP contribution is -2.43. The van der Waals surface area contributed by atoms with Gasteiger partial charge in [-0.1, -0.05) is 18.2 Å². The lowest BCUT2D eigenvalue weighted by atomic mass is 9.71. The second-order valence-corrected chi connectivity index (χ2v) is 7.41. The van der Waals surface area contributed by atoms with Crippen LogP contribution in [0, 0.1) is 5.41 Å². The van der Waals surface area contributed by atoms with Gasteiger partial charge in [0, 0.05) is 24.4 Å². The molecule has 4 rings (SSSR count). The normalized spacial score (nSPS) is 15.4. The first-order chi connectivity index (χ1) is 15.2. The Morgan fingerprint density at radius 3 is 2.70 bits per heavy atom. The van der Waals surface area contributed by atoms with Gasteiger partial charge in [-0.25, -0.2) is 0 Å². The van der Waals surface area contributed by atoms with E-state index in [1.165, 1.54) is 6.07 Å². The van der Waals surface area contributed by atoms with Gasteiger partial charge in [0.15, 0.2) is 0 Å². The van der Waals surface area contributed by atoms with E-state index in [9.17, 15) is 18.2 Å². The zero-order valence-electron chi connectivity index (χ0n) is 17.2. The van der Waals surface area contributed by atoms with Crippen LogP contribution in [-0.4, -0.2) is 23.0 Å². The number of pyridine rings is 1. The van der Waals surface area contributed by atoms with E-state index in [-0.39, 0.29) is 36.7 Å². The summed E-state index contributed by atoms with van der Waals surface area (Å²) in [4.78, 5) is 4.03. The summed E-state index contributed by atoms with van der Waals surface area (Å²) in [5.41, 5.74) is 7.36. The molecule has 6 nitrogen and oxygen atoms in total. The Labute approximate surface area is 194 Å². The van der Waals surface area contributed by atoms with Crippen LogP contribution in [-0.2, 0) is 23.9 Å². The molecule has 0 saturated heterocycles. The van der Waals surface area contributed by atoms with E-state index < -0.39 is 25.0 Å². The van der Waals surface area contributed by atoms with Crippen molar-refractivity contribution >= 4 is 30.8 Å². The van der Waals surface area contributed by atoms with Crippen molar-refractivity contribution in [2.45, 2.75) is 25.3 Å². The first-order valence-corrected chi connectivity index (χ1v) is 9.76. The molecule has 11 heteroatoms. The second kappa shape index (κ2) is 9.82. The maximum absolute atomic E-state index is 13.0. The quantitative estimate of drug-likeness (QED) is 0.297. The fraction of sp³-hybridized carbons (Fsp3) is 0.182. The summed E-state index contributed by atoms with van der Waals surface area (Å²) in [6.07, 6.45) is -1.55. The molecule has 4 N–H and O–H groups in total. The number of nitrogens with one attached hydrogen (secondary N) is 1. The fourth-order valence-corrected chi connectivity index (χ4v) is 3.59. The summed E-state index contributed by atoms with van der Waals surface area (Å²) in [6.45, 7) is 0.203. The van der Waals surface area contributed by atoms with E-state index in [1.54, 1.807) is 36.7 Å². The van der Waals surface area contributed by atoms with Crippen molar-refractivity contribution < 1.29 is 27.6 Å². The standard InChI is InChI=1S/C22H19BF3N3O3.ClH/c24-22(25,26)16-5-3-14-8-19(32-23(30)18(14)10-16)15-4-6-17(21(27)28)20(9-15)31-12-13-2-1-7-29-11-13;/h1-7,9-11,19,30H,8,12H2,(H3,27,28);1H/t19-;/m1./s1. The van der Waals surface area contributed by atoms with Crippen molar-refractivity contribution in [3.8, 4) is 5.75 Å². The lowest BCUT2D eigenvalue weighted by molar-refractivity contribution is -0.137. The summed E-state index contributed by atoms with van der Waals surface area (Å²) in [5, 5.41) is 18.2. The number of fused-ring (bicyclic) bond motifs is 1. The molecule has 2 heterocycles. The van der Waals surface area contributed by atoms with Crippen molar-refractivity contribution in [2.24, 2.45) is 5.73 Å². The van der Waals surface area contributed by atoms with Gasteiger partial charge >= 0.3 is 13.3 Å².